The molecular weight excluding hydrogens is 444 g/mol. The van der Waals surface area contributed by atoms with Crippen LogP contribution in [0.25, 0.3) is 11.1 Å². The molecule has 0 saturated heterocycles. The lowest BCUT2D eigenvalue weighted by molar-refractivity contribution is -0.145. The van der Waals surface area contributed by atoms with Crippen LogP contribution in [0.5, 0.6) is 0 Å². The lowest BCUT2D eigenvalue weighted by atomic mass is 9.67. The number of rotatable bonds is 9. The van der Waals surface area contributed by atoms with E-state index in [0.717, 1.165) is 28.7 Å². The van der Waals surface area contributed by atoms with Crippen molar-refractivity contribution in [3.05, 3.63) is 59.7 Å². The van der Waals surface area contributed by atoms with E-state index >= 15 is 0 Å². The van der Waals surface area contributed by atoms with Crippen LogP contribution in [-0.2, 0) is 14.3 Å². The van der Waals surface area contributed by atoms with Gasteiger partial charge in [-0.25, -0.2) is 4.79 Å². The number of fused-ring (bicyclic) bond motifs is 3. The predicted molar refractivity (Wildman–Crippen MR) is 133 cm³/mol. The average Bonchev–Trinajstić information content (AvgIpc) is 3.10. The Hall–Kier alpha value is -3.35. The van der Waals surface area contributed by atoms with E-state index in [-0.39, 0.29) is 30.9 Å². The highest BCUT2D eigenvalue weighted by molar-refractivity contribution is 5.85. The van der Waals surface area contributed by atoms with Gasteiger partial charge in [0.1, 0.15) is 6.61 Å². The molecule has 0 radical (unpaired) electrons. The number of amides is 2. The highest BCUT2D eigenvalue weighted by Crippen LogP contribution is 2.44. The zero-order valence-corrected chi connectivity index (χ0v) is 20.5. The van der Waals surface area contributed by atoms with Gasteiger partial charge in [-0.05, 0) is 47.9 Å². The summed E-state index contributed by atoms with van der Waals surface area (Å²) < 4.78 is 5.61. The van der Waals surface area contributed by atoms with Crippen LogP contribution in [0.2, 0.25) is 0 Å². The molecule has 0 aliphatic heterocycles. The van der Waals surface area contributed by atoms with Crippen LogP contribution in [0.4, 0.5) is 4.79 Å². The number of carbonyl (C=O) groups excluding carboxylic acids is 2. The Labute approximate surface area is 206 Å². The standard InChI is InChI=1S/C28H34N2O5/c1-17(2)24(25(31)32)18(3)30-26(33)28(13-8-14-28)16-29-27(34)35-15-23-21-11-6-4-9-19(21)20-10-5-7-12-22(20)23/h4-7,9-12,17-18,23-24H,8,13-16H2,1-3H3,(H,29,34)(H,30,33)(H,31,32). The summed E-state index contributed by atoms with van der Waals surface area (Å²) in [6.07, 6.45) is 1.63. The summed E-state index contributed by atoms with van der Waals surface area (Å²) in [4.78, 5) is 37.3. The fraction of sp³-hybridized carbons (Fsp3) is 0.464. The van der Waals surface area contributed by atoms with Crippen LogP contribution in [0, 0.1) is 17.3 Å². The smallest absolute Gasteiger partial charge is 0.407 e. The molecule has 0 heterocycles. The van der Waals surface area contributed by atoms with Gasteiger partial charge in [0.2, 0.25) is 5.91 Å². The van der Waals surface area contributed by atoms with E-state index in [4.69, 9.17) is 4.74 Å². The van der Waals surface area contributed by atoms with Gasteiger partial charge in [0.05, 0.1) is 11.3 Å². The maximum Gasteiger partial charge on any atom is 0.407 e. The van der Waals surface area contributed by atoms with Crippen molar-refractivity contribution in [2.75, 3.05) is 13.2 Å². The Bertz CT molecular complexity index is 1060. The molecule has 2 amide bonds. The molecule has 1 saturated carbocycles. The van der Waals surface area contributed by atoms with E-state index in [9.17, 15) is 19.5 Å². The first-order chi connectivity index (χ1) is 16.7. The molecule has 7 heteroatoms. The van der Waals surface area contributed by atoms with Gasteiger partial charge in [-0.2, -0.15) is 0 Å². The first-order valence-corrected chi connectivity index (χ1v) is 12.4. The third-order valence-electron chi connectivity index (χ3n) is 7.61. The maximum absolute atomic E-state index is 13.1. The number of benzene rings is 2. The average molecular weight is 479 g/mol. The number of hydrogen-bond donors (Lipinski definition) is 3. The second-order valence-electron chi connectivity index (χ2n) is 10.2. The molecule has 3 N–H and O–H groups in total. The monoisotopic (exact) mass is 478 g/mol. The quantitative estimate of drug-likeness (QED) is 0.490. The number of ether oxygens (including phenoxy) is 1. The van der Waals surface area contributed by atoms with Crippen molar-refractivity contribution in [2.24, 2.45) is 17.3 Å². The number of alkyl carbamates (subject to hydrolysis) is 1. The Balaban J connectivity index is 1.34. The van der Waals surface area contributed by atoms with Crippen molar-refractivity contribution in [1.29, 1.82) is 0 Å². The summed E-state index contributed by atoms with van der Waals surface area (Å²) in [5.41, 5.74) is 3.89. The summed E-state index contributed by atoms with van der Waals surface area (Å²) in [5.74, 6) is -1.95. The predicted octanol–water partition coefficient (Wildman–Crippen LogP) is 4.56. The zero-order chi connectivity index (χ0) is 25.2. The van der Waals surface area contributed by atoms with E-state index < -0.39 is 29.4 Å². The fourth-order valence-electron chi connectivity index (χ4n) is 5.50. The molecule has 0 bridgehead atoms. The Morgan fingerprint density at radius 1 is 1.00 bits per heavy atom. The van der Waals surface area contributed by atoms with Crippen LogP contribution in [0.15, 0.2) is 48.5 Å². The van der Waals surface area contributed by atoms with E-state index in [1.54, 1.807) is 6.92 Å². The number of hydrogen-bond acceptors (Lipinski definition) is 4. The number of carboxylic acid groups (broad SMARTS) is 1. The van der Waals surface area contributed by atoms with Gasteiger partial charge in [0, 0.05) is 18.5 Å². The highest BCUT2D eigenvalue weighted by atomic mass is 16.5. The van der Waals surface area contributed by atoms with Crippen molar-refractivity contribution in [3.8, 4) is 11.1 Å². The Kier molecular flexibility index (Phi) is 7.15. The maximum atomic E-state index is 13.1. The normalized spacial score (nSPS) is 17.5. The molecule has 2 aromatic carbocycles. The molecule has 2 aliphatic carbocycles. The van der Waals surface area contributed by atoms with Crippen molar-refractivity contribution < 1.29 is 24.2 Å². The molecule has 2 unspecified atom stereocenters. The van der Waals surface area contributed by atoms with Gasteiger partial charge in [-0.1, -0.05) is 68.8 Å². The van der Waals surface area contributed by atoms with Gasteiger partial charge in [0.25, 0.3) is 0 Å². The number of aliphatic carboxylic acids is 1. The second kappa shape index (κ2) is 10.1. The van der Waals surface area contributed by atoms with Crippen molar-refractivity contribution in [2.45, 2.75) is 52.0 Å². The van der Waals surface area contributed by atoms with Crippen LogP contribution in [-0.4, -0.2) is 42.3 Å². The minimum absolute atomic E-state index is 0.0288. The largest absolute Gasteiger partial charge is 0.481 e. The Morgan fingerprint density at radius 2 is 1.57 bits per heavy atom. The van der Waals surface area contributed by atoms with E-state index in [1.807, 2.05) is 38.1 Å². The van der Waals surface area contributed by atoms with Gasteiger partial charge < -0.3 is 20.5 Å². The van der Waals surface area contributed by atoms with Crippen LogP contribution >= 0.6 is 0 Å². The number of carboxylic acids is 1. The zero-order valence-electron chi connectivity index (χ0n) is 20.5. The van der Waals surface area contributed by atoms with E-state index in [1.165, 1.54) is 0 Å². The first kappa shape index (κ1) is 24.8. The van der Waals surface area contributed by atoms with Gasteiger partial charge >= 0.3 is 12.1 Å². The lowest BCUT2D eigenvalue weighted by Gasteiger charge is -2.41. The molecule has 1 fully saturated rings. The van der Waals surface area contributed by atoms with E-state index in [0.29, 0.717) is 12.8 Å². The van der Waals surface area contributed by atoms with Crippen molar-refractivity contribution in [1.82, 2.24) is 10.6 Å². The summed E-state index contributed by atoms with van der Waals surface area (Å²) >= 11 is 0. The van der Waals surface area contributed by atoms with Crippen molar-refractivity contribution >= 4 is 18.0 Å². The van der Waals surface area contributed by atoms with Gasteiger partial charge in [-0.15, -0.1) is 0 Å². The summed E-state index contributed by atoms with van der Waals surface area (Å²) in [7, 11) is 0. The molecule has 186 valence electrons. The van der Waals surface area contributed by atoms with Crippen LogP contribution in [0.1, 0.15) is 57.1 Å². The third kappa shape index (κ3) is 4.90. The topological polar surface area (TPSA) is 105 Å². The molecule has 4 rings (SSSR count). The summed E-state index contributed by atoms with van der Waals surface area (Å²) in [6.45, 7) is 5.77. The first-order valence-electron chi connectivity index (χ1n) is 12.4. The lowest BCUT2D eigenvalue weighted by Crippen LogP contribution is -2.56. The summed E-state index contributed by atoms with van der Waals surface area (Å²) in [6, 6.07) is 15.8. The fourth-order valence-corrected chi connectivity index (χ4v) is 5.50. The number of nitrogens with one attached hydrogen (secondary N) is 2. The molecular formula is C28H34N2O5. The molecule has 7 nitrogen and oxygen atoms in total. The molecule has 2 atom stereocenters. The Morgan fingerprint density at radius 3 is 2.06 bits per heavy atom. The molecule has 2 aromatic rings. The van der Waals surface area contributed by atoms with Crippen LogP contribution < -0.4 is 10.6 Å². The van der Waals surface area contributed by atoms with Gasteiger partial charge in [-0.3, -0.25) is 9.59 Å². The van der Waals surface area contributed by atoms with Crippen LogP contribution in [0.3, 0.4) is 0 Å². The SMILES string of the molecule is CC(C)C(C(=O)O)C(C)NC(=O)C1(CNC(=O)OCC2c3ccccc3-c3ccccc32)CCC1. The van der Waals surface area contributed by atoms with Gasteiger partial charge in [0.15, 0.2) is 0 Å². The molecule has 2 aliphatic rings. The molecule has 0 spiro atoms. The molecule has 0 aromatic heterocycles. The van der Waals surface area contributed by atoms with E-state index in [2.05, 4.69) is 34.9 Å². The molecule has 35 heavy (non-hydrogen) atoms. The highest BCUT2D eigenvalue weighted by Gasteiger charge is 2.45. The van der Waals surface area contributed by atoms with Crippen molar-refractivity contribution in [3.63, 3.8) is 0 Å². The third-order valence-corrected chi connectivity index (χ3v) is 7.61. The number of carbonyl (C=O) groups is 3. The summed E-state index contributed by atoms with van der Waals surface area (Å²) in [5, 5.41) is 15.2. The minimum Gasteiger partial charge on any atom is -0.481 e. The minimum atomic E-state index is -0.924. The second-order valence-corrected chi connectivity index (χ2v) is 10.2.